The molecule has 3 aromatic carbocycles. The minimum absolute atomic E-state index is 0.00635. The first-order valence-corrected chi connectivity index (χ1v) is 14.9. The van der Waals surface area contributed by atoms with E-state index in [2.05, 4.69) is 10.0 Å². The van der Waals surface area contributed by atoms with Gasteiger partial charge in [0.25, 0.3) is 0 Å². The maximum Gasteiger partial charge on any atom is 0.408 e. The third kappa shape index (κ3) is 10.1. The summed E-state index contributed by atoms with van der Waals surface area (Å²) < 4.78 is 32.2. The Morgan fingerprint density at radius 2 is 1.24 bits per heavy atom. The van der Waals surface area contributed by atoms with Gasteiger partial charge in [0, 0.05) is 0 Å². The molecular formula is C32H38N2O7S. The second-order valence-corrected chi connectivity index (χ2v) is 11.0. The summed E-state index contributed by atoms with van der Waals surface area (Å²) in [5, 5.41) is 2.57. The topological polar surface area (TPSA) is 120 Å². The van der Waals surface area contributed by atoms with E-state index in [0.29, 0.717) is 4.90 Å². The number of hydrogen-bond acceptors (Lipinski definition) is 7. The molecule has 0 bridgehead atoms. The van der Waals surface area contributed by atoms with Crippen molar-refractivity contribution in [2.45, 2.75) is 70.7 Å². The lowest BCUT2D eigenvalue weighted by atomic mass is 10.1. The van der Waals surface area contributed by atoms with E-state index in [-0.39, 0.29) is 32.7 Å². The van der Waals surface area contributed by atoms with Crippen LogP contribution in [0.15, 0.2) is 77.7 Å². The Hall–Kier alpha value is -4.02. The molecule has 224 valence electrons. The van der Waals surface area contributed by atoms with Crippen molar-refractivity contribution in [1.29, 1.82) is 0 Å². The van der Waals surface area contributed by atoms with Crippen LogP contribution in [-0.4, -0.2) is 40.9 Å². The summed E-state index contributed by atoms with van der Waals surface area (Å²) in [4.78, 5) is 39.2. The molecule has 9 nitrogen and oxygen atoms in total. The highest BCUT2D eigenvalue weighted by molar-refractivity contribution is 7.83. The van der Waals surface area contributed by atoms with Crippen LogP contribution in [0.3, 0.4) is 0 Å². The van der Waals surface area contributed by atoms with Crippen LogP contribution in [0, 0.1) is 20.8 Å². The third-order valence-corrected chi connectivity index (χ3v) is 7.88. The molecule has 10 heteroatoms. The quantitative estimate of drug-likeness (QED) is 0.200. The fourth-order valence-electron chi connectivity index (χ4n) is 4.43. The van der Waals surface area contributed by atoms with Crippen LogP contribution < -0.4 is 10.0 Å². The largest absolute Gasteiger partial charge is 0.465 e. The number of carbonyl (C=O) groups is 3. The first-order valence-electron chi connectivity index (χ1n) is 13.8. The van der Waals surface area contributed by atoms with Crippen LogP contribution >= 0.6 is 0 Å². The summed E-state index contributed by atoms with van der Waals surface area (Å²) in [6, 6.07) is 20.0. The zero-order valence-electron chi connectivity index (χ0n) is 24.4. The Balaban J connectivity index is 1.73. The van der Waals surface area contributed by atoms with E-state index in [1.807, 2.05) is 93.6 Å². The van der Waals surface area contributed by atoms with Crippen molar-refractivity contribution in [3.8, 4) is 0 Å². The summed E-state index contributed by atoms with van der Waals surface area (Å²) in [5.74, 6) is -1.30. The van der Waals surface area contributed by atoms with Crippen LogP contribution in [0.1, 0.15) is 47.6 Å². The number of carbonyl (C=O) groups excluding carboxylic acids is 3. The Morgan fingerprint density at radius 1 is 0.738 bits per heavy atom. The monoisotopic (exact) mass is 594 g/mol. The summed E-state index contributed by atoms with van der Waals surface area (Å²) in [6.07, 6.45) is -0.790. The van der Waals surface area contributed by atoms with Crippen molar-refractivity contribution in [2.75, 3.05) is 6.61 Å². The van der Waals surface area contributed by atoms with Crippen molar-refractivity contribution in [2.24, 2.45) is 0 Å². The van der Waals surface area contributed by atoms with E-state index in [4.69, 9.17) is 14.2 Å². The summed E-state index contributed by atoms with van der Waals surface area (Å²) >= 11 is 0. The lowest BCUT2D eigenvalue weighted by molar-refractivity contribution is -0.149. The van der Waals surface area contributed by atoms with Gasteiger partial charge in [0.15, 0.2) is 0 Å². The van der Waals surface area contributed by atoms with Gasteiger partial charge in [-0.2, -0.15) is 0 Å². The molecule has 0 spiro atoms. The van der Waals surface area contributed by atoms with Crippen molar-refractivity contribution in [3.63, 3.8) is 0 Å². The van der Waals surface area contributed by atoms with E-state index in [0.717, 1.165) is 27.8 Å². The second-order valence-electron chi connectivity index (χ2n) is 9.85. The van der Waals surface area contributed by atoms with Crippen molar-refractivity contribution in [3.05, 3.63) is 101 Å². The minimum Gasteiger partial charge on any atom is -0.465 e. The Labute approximate surface area is 249 Å². The number of esters is 2. The fraction of sp³-hybridized carbons (Fsp3) is 0.344. The number of aryl methyl sites for hydroxylation is 3. The molecular weight excluding hydrogens is 556 g/mol. The standard InChI is InChI=1S/C32H38N2O7S/c1-5-39-31(36)28(34-42(38)29-23(3)18-22(2)19-24(29)4)17-16-27(30(35)40-20-25-12-8-6-9-13-25)33-32(37)41-21-26-14-10-7-11-15-26/h6-15,18-19,27-28,34H,5,16-17,20-21H2,1-4H3,(H,33,37)/t27-,28-,42-/m0/s1. The average Bonchev–Trinajstić information content (AvgIpc) is 2.96. The molecule has 0 saturated carbocycles. The normalized spacial score (nSPS) is 13.0. The molecule has 3 rings (SSSR count). The maximum absolute atomic E-state index is 13.4. The van der Waals surface area contributed by atoms with E-state index in [9.17, 15) is 18.6 Å². The predicted octanol–water partition coefficient (Wildman–Crippen LogP) is 4.97. The fourth-order valence-corrected chi connectivity index (χ4v) is 5.73. The zero-order valence-corrected chi connectivity index (χ0v) is 25.2. The second kappa shape index (κ2) is 16.4. The van der Waals surface area contributed by atoms with Crippen molar-refractivity contribution >= 4 is 29.0 Å². The van der Waals surface area contributed by atoms with Gasteiger partial charge in [-0.3, -0.25) is 4.79 Å². The molecule has 3 aromatic rings. The zero-order chi connectivity index (χ0) is 30.5. The first kappa shape index (κ1) is 32.5. The van der Waals surface area contributed by atoms with Gasteiger partial charge < -0.3 is 19.5 Å². The number of rotatable bonds is 14. The Bertz CT molecular complexity index is 1340. The van der Waals surface area contributed by atoms with E-state index >= 15 is 0 Å². The summed E-state index contributed by atoms with van der Waals surface area (Å²) in [7, 11) is -1.74. The number of nitrogens with one attached hydrogen (secondary N) is 2. The van der Waals surface area contributed by atoms with Gasteiger partial charge in [0.05, 0.1) is 11.5 Å². The smallest absolute Gasteiger partial charge is 0.408 e. The highest BCUT2D eigenvalue weighted by atomic mass is 32.2. The summed E-state index contributed by atoms with van der Waals surface area (Å²) in [6.45, 7) is 7.49. The van der Waals surface area contributed by atoms with Crippen LogP contribution in [0.2, 0.25) is 0 Å². The van der Waals surface area contributed by atoms with Gasteiger partial charge in [-0.1, -0.05) is 78.4 Å². The van der Waals surface area contributed by atoms with Gasteiger partial charge in [0.2, 0.25) is 0 Å². The maximum atomic E-state index is 13.4. The van der Waals surface area contributed by atoms with Crippen LogP contribution in [0.25, 0.3) is 0 Å². The minimum atomic E-state index is -1.74. The van der Waals surface area contributed by atoms with Gasteiger partial charge in [0.1, 0.15) is 36.3 Å². The molecule has 0 aromatic heterocycles. The predicted molar refractivity (Wildman–Crippen MR) is 160 cm³/mol. The highest BCUT2D eigenvalue weighted by Gasteiger charge is 2.29. The molecule has 0 saturated heterocycles. The Kier molecular flexibility index (Phi) is 12.7. The van der Waals surface area contributed by atoms with Gasteiger partial charge in [-0.25, -0.2) is 18.5 Å². The van der Waals surface area contributed by atoms with Gasteiger partial charge >= 0.3 is 18.0 Å². The van der Waals surface area contributed by atoms with E-state index in [1.54, 1.807) is 6.92 Å². The first-order chi connectivity index (χ1) is 20.2. The van der Waals surface area contributed by atoms with E-state index < -0.39 is 41.1 Å². The van der Waals surface area contributed by atoms with Gasteiger partial charge in [-0.15, -0.1) is 0 Å². The third-order valence-electron chi connectivity index (χ3n) is 6.37. The molecule has 0 aliphatic carbocycles. The number of amides is 1. The van der Waals surface area contributed by atoms with Crippen LogP contribution in [0.4, 0.5) is 4.79 Å². The highest BCUT2D eigenvalue weighted by Crippen LogP contribution is 2.20. The Morgan fingerprint density at radius 3 is 1.79 bits per heavy atom. The molecule has 0 aliphatic rings. The van der Waals surface area contributed by atoms with Gasteiger partial charge in [-0.05, 0) is 62.8 Å². The molecule has 2 N–H and O–H groups in total. The molecule has 0 fully saturated rings. The number of hydrogen-bond donors (Lipinski definition) is 2. The van der Waals surface area contributed by atoms with Crippen LogP contribution in [-0.2, 0) is 48.0 Å². The number of ether oxygens (including phenoxy) is 3. The molecule has 0 radical (unpaired) electrons. The van der Waals surface area contributed by atoms with Crippen LogP contribution in [0.5, 0.6) is 0 Å². The lowest BCUT2D eigenvalue weighted by Gasteiger charge is -2.22. The van der Waals surface area contributed by atoms with E-state index in [1.165, 1.54) is 0 Å². The molecule has 0 unspecified atom stereocenters. The summed E-state index contributed by atoms with van der Waals surface area (Å²) in [5.41, 5.74) is 4.25. The molecule has 0 aliphatic heterocycles. The molecule has 42 heavy (non-hydrogen) atoms. The average molecular weight is 595 g/mol. The molecule has 0 heterocycles. The SMILES string of the molecule is CCOC(=O)[C@H](CC[C@H](NC(=O)OCc1ccccc1)C(=O)OCc1ccccc1)N[S@@](=O)c1c(C)cc(C)cc1C. The lowest BCUT2D eigenvalue weighted by Crippen LogP contribution is -2.45. The van der Waals surface area contributed by atoms with Crippen molar-refractivity contribution < 1.29 is 32.8 Å². The molecule has 1 amide bonds. The number of benzene rings is 3. The molecule has 3 atom stereocenters. The number of alkyl carbamates (subject to hydrolysis) is 1. The van der Waals surface area contributed by atoms with Crippen molar-refractivity contribution in [1.82, 2.24) is 10.0 Å².